The number of hydrogen-bond donors (Lipinski definition) is 5. The number of aliphatic hydroxyl groups excluding tert-OH is 2. The molecule has 1 aliphatic rings. The molecule has 13 nitrogen and oxygen atoms in total. The van der Waals surface area contributed by atoms with Crippen molar-refractivity contribution >= 4 is 29.3 Å². The minimum atomic E-state index is -0.928. The molecule has 0 amide bonds. The number of benzene rings is 1. The number of nitrogens with zero attached hydrogens (tertiary/aromatic N) is 6. The maximum atomic E-state index is 10.3. The predicted molar refractivity (Wildman–Crippen MR) is 145 cm³/mol. The summed E-state index contributed by atoms with van der Waals surface area (Å²) in [6.45, 7) is 6.21. The first-order valence-corrected chi connectivity index (χ1v) is 12.8. The van der Waals surface area contributed by atoms with Crippen LogP contribution in [0.4, 0.5) is 17.5 Å². The second kappa shape index (κ2) is 13.3. The van der Waals surface area contributed by atoms with E-state index in [1.165, 1.54) is 10.2 Å². The summed E-state index contributed by atoms with van der Waals surface area (Å²) in [5.41, 5.74) is 8.09. The number of nitrogens with one attached hydrogen (secondary N) is 2. The standard InChI is InChI=1S/C25H37N9O4/c1-37-15-16-38-19-6-4-18(5-7-19)33-12-10-32(11-13-33)9-8-28-22-20(17-26)24-29-23(21(36)3-2-14-35)31-34(24)25(27)30-22/h4-7,17,21,26,28,35-36H,2-3,8-16H2,1H3,(H2,27,30). The van der Waals surface area contributed by atoms with Gasteiger partial charge in [-0.15, -0.1) is 5.10 Å². The van der Waals surface area contributed by atoms with Crippen molar-refractivity contribution < 1.29 is 19.7 Å². The van der Waals surface area contributed by atoms with Crippen molar-refractivity contribution in [1.29, 1.82) is 5.41 Å². The average Bonchev–Trinajstić information content (AvgIpc) is 3.39. The largest absolute Gasteiger partial charge is 0.491 e. The van der Waals surface area contributed by atoms with Crippen molar-refractivity contribution in [1.82, 2.24) is 24.5 Å². The van der Waals surface area contributed by atoms with E-state index in [4.69, 9.17) is 25.7 Å². The van der Waals surface area contributed by atoms with Gasteiger partial charge >= 0.3 is 0 Å². The van der Waals surface area contributed by atoms with Crippen molar-refractivity contribution in [3.8, 4) is 5.75 Å². The molecule has 1 aliphatic heterocycles. The van der Waals surface area contributed by atoms with Gasteiger partial charge in [-0.25, -0.2) is 4.98 Å². The van der Waals surface area contributed by atoms with Crippen LogP contribution in [0.5, 0.6) is 5.75 Å². The lowest BCUT2D eigenvalue weighted by Crippen LogP contribution is -2.47. The number of methoxy groups -OCH3 is 1. The Morgan fingerprint density at radius 2 is 1.92 bits per heavy atom. The van der Waals surface area contributed by atoms with Crippen LogP contribution < -0.4 is 20.7 Å². The van der Waals surface area contributed by atoms with Gasteiger partial charge in [0.05, 0.1) is 12.2 Å². The normalized spacial score (nSPS) is 15.1. The number of nitrogens with two attached hydrogens (primary N) is 1. The Kier molecular flexibility index (Phi) is 9.65. The van der Waals surface area contributed by atoms with Crippen LogP contribution in [-0.4, -0.2) is 107 Å². The van der Waals surface area contributed by atoms with Crippen LogP contribution in [0.25, 0.3) is 5.65 Å². The summed E-state index contributed by atoms with van der Waals surface area (Å²) < 4.78 is 12.0. The van der Waals surface area contributed by atoms with E-state index in [2.05, 4.69) is 42.3 Å². The quantitative estimate of drug-likeness (QED) is 0.148. The SMILES string of the molecule is COCCOc1ccc(N2CCN(CCNc3nc(N)n4nc(C(O)CCCO)nc4c3C=N)CC2)cc1. The molecule has 1 saturated heterocycles. The highest BCUT2D eigenvalue weighted by Gasteiger charge is 2.21. The van der Waals surface area contributed by atoms with Crippen molar-refractivity contribution in [3.05, 3.63) is 35.7 Å². The molecule has 3 aromatic rings. The Bertz CT molecular complexity index is 1180. The molecule has 1 aromatic carbocycles. The van der Waals surface area contributed by atoms with Crippen LogP contribution in [0.3, 0.4) is 0 Å². The van der Waals surface area contributed by atoms with Crippen LogP contribution >= 0.6 is 0 Å². The van der Waals surface area contributed by atoms with Gasteiger partial charge in [-0.2, -0.15) is 9.50 Å². The van der Waals surface area contributed by atoms with Gasteiger partial charge in [0.1, 0.15) is 24.3 Å². The summed E-state index contributed by atoms with van der Waals surface area (Å²) in [6.07, 6.45) is 0.991. The summed E-state index contributed by atoms with van der Waals surface area (Å²) in [7, 11) is 1.66. The Balaban J connectivity index is 1.30. The molecule has 0 aliphatic carbocycles. The molecular weight excluding hydrogens is 490 g/mol. The minimum Gasteiger partial charge on any atom is -0.491 e. The Hall–Kier alpha value is -3.52. The lowest BCUT2D eigenvalue weighted by atomic mass is 10.2. The van der Waals surface area contributed by atoms with E-state index in [-0.39, 0.29) is 18.4 Å². The van der Waals surface area contributed by atoms with Crippen LogP contribution in [0.15, 0.2) is 24.3 Å². The molecule has 1 fully saturated rings. The summed E-state index contributed by atoms with van der Waals surface area (Å²) in [4.78, 5) is 13.5. The Labute approximate surface area is 221 Å². The second-order valence-corrected chi connectivity index (χ2v) is 9.05. The molecule has 6 N–H and O–H groups in total. The van der Waals surface area contributed by atoms with Crippen molar-refractivity contribution in [3.63, 3.8) is 0 Å². The number of ether oxygens (including phenoxy) is 2. The molecular formula is C25H37N9O4. The van der Waals surface area contributed by atoms with E-state index in [0.29, 0.717) is 49.6 Å². The van der Waals surface area contributed by atoms with Gasteiger partial charge < -0.3 is 41.0 Å². The number of fused-ring (bicyclic) bond motifs is 1. The zero-order valence-electron chi connectivity index (χ0n) is 21.7. The van der Waals surface area contributed by atoms with Gasteiger partial charge in [-0.1, -0.05) is 0 Å². The summed E-state index contributed by atoms with van der Waals surface area (Å²) in [5, 5.41) is 34.8. The van der Waals surface area contributed by atoms with E-state index in [0.717, 1.165) is 44.7 Å². The number of hydrogen-bond acceptors (Lipinski definition) is 12. The third kappa shape index (κ3) is 6.67. The first-order valence-electron chi connectivity index (χ1n) is 12.8. The van der Waals surface area contributed by atoms with Crippen LogP contribution in [-0.2, 0) is 4.74 Å². The number of nitrogen functional groups attached to an aromatic ring is 1. The van der Waals surface area contributed by atoms with E-state index in [1.54, 1.807) is 7.11 Å². The third-order valence-electron chi connectivity index (χ3n) is 6.49. The van der Waals surface area contributed by atoms with E-state index < -0.39 is 6.10 Å². The molecule has 3 heterocycles. The second-order valence-electron chi connectivity index (χ2n) is 9.05. The van der Waals surface area contributed by atoms with E-state index >= 15 is 0 Å². The number of anilines is 3. The number of piperazine rings is 1. The fourth-order valence-electron chi connectivity index (χ4n) is 4.37. The lowest BCUT2D eigenvalue weighted by molar-refractivity contribution is 0.143. The maximum Gasteiger partial charge on any atom is 0.225 e. The van der Waals surface area contributed by atoms with Gasteiger partial charge in [-0.05, 0) is 37.1 Å². The molecule has 206 valence electrons. The van der Waals surface area contributed by atoms with Gasteiger partial charge in [0.25, 0.3) is 0 Å². The van der Waals surface area contributed by atoms with Crippen LogP contribution in [0.1, 0.15) is 30.3 Å². The van der Waals surface area contributed by atoms with Gasteiger partial charge in [0, 0.05) is 64.9 Å². The van der Waals surface area contributed by atoms with Crippen molar-refractivity contribution in [2.45, 2.75) is 18.9 Å². The topological polar surface area (TPSA) is 170 Å². The predicted octanol–water partition coefficient (Wildman–Crippen LogP) is 0.769. The van der Waals surface area contributed by atoms with Gasteiger partial charge in [-0.3, -0.25) is 4.90 Å². The highest BCUT2D eigenvalue weighted by molar-refractivity contribution is 5.92. The third-order valence-corrected chi connectivity index (χ3v) is 6.49. The smallest absolute Gasteiger partial charge is 0.225 e. The lowest BCUT2D eigenvalue weighted by Gasteiger charge is -2.36. The van der Waals surface area contributed by atoms with Crippen LogP contribution in [0, 0.1) is 5.41 Å². The maximum absolute atomic E-state index is 10.3. The fraction of sp³-hybridized carbons (Fsp3) is 0.520. The Morgan fingerprint density at radius 3 is 2.61 bits per heavy atom. The zero-order valence-corrected chi connectivity index (χ0v) is 21.7. The summed E-state index contributed by atoms with van der Waals surface area (Å²) in [5.74, 6) is 1.61. The zero-order chi connectivity index (χ0) is 26.9. The Morgan fingerprint density at radius 1 is 1.16 bits per heavy atom. The molecule has 0 radical (unpaired) electrons. The van der Waals surface area contributed by atoms with Crippen molar-refractivity contribution in [2.75, 3.05) is 82.1 Å². The first kappa shape index (κ1) is 27.5. The van der Waals surface area contributed by atoms with E-state index in [1.807, 2.05) is 12.1 Å². The van der Waals surface area contributed by atoms with E-state index in [9.17, 15) is 5.11 Å². The number of aromatic nitrogens is 4. The number of rotatable bonds is 14. The first-order chi connectivity index (χ1) is 18.5. The van der Waals surface area contributed by atoms with Gasteiger partial charge in [0.2, 0.25) is 5.95 Å². The highest BCUT2D eigenvalue weighted by Crippen LogP contribution is 2.23. The molecule has 0 spiro atoms. The van der Waals surface area contributed by atoms with Gasteiger partial charge in [0.15, 0.2) is 11.5 Å². The summed E-state index contributed by atoms with van der Waals surface area (Å²) >= 11 is 0. The van der Waals surface area contributed by atoms with Crippen molar-refractivity contribution in [2.24, 2.45) is 0 Å². The molecule has 4 rings (SSSR count). The highest BCUT2D eigenvalue weighted by atomic mass is 16.5. The molecule has 13 heteroatoms. The minimum absolute atomic E-state index is 0.0266. The molecule has 38 heavy (non-hydrogen) atoms. The molecule has 1 atom stereocenters. The summed E-state index contributed by atoms with van der Waals surface area (Å²) in [6, 6.07) is 8.16. The molecule has 2 aromatic heterocycles. The fourth-order valence-corrected chi connectivity index (χ4v) is 4.37. The monoisotopic (exact) mass is 527 g/mol. The number of aliphatic hydroxyl groups is 2. The molecule has 1 unspecified atom stereocenters. The molecule has 0 bridgehead atoms. The average molecular weight is 528 g/mol. The van der Waals surface area contributed by atoms with Crippen LogP contribution in [0.2, 0.25) is 0 Å². The molecule has 0 saturated carbocycles.